The average molecular weight is 88.1 g/mol. The standard InChI is InChI=1S/C4H10NO/c1-3-5-4-6-2/h5H,2-4H2,1H3. The Morgan fingerprint density at radius 3 is 2.67 bits per heavy atom. The van der Waals surface area contributed by atoms with Gasteiger partial charge >= 0.3 is 0 Å². The highest BCUT2D eigenvalue weighted by Gasteiger charge is 1.70. The molecular formula is C4H10NO. The van der Waals surface area contributed by atoms with Gasteiger partial charge in [0.1, 0.15) is 0 Å². The van der Waals surface area contributed by atoms with Crippen LogP contribution in [-0.4, -0.2) is 13.3 Å². The molecule has 0 fully saturated rings. The Balaban J connectivity index is 2.34. The molecule has 0 aliphatic carbocycles. The fraction of sp³-hybridized carbons (Fsp3) is 0.750. The lowest BCUT2D eigenvalue weighted by Crippen LogP contribution is -2.14. The maximum atomic E-state index is 4.42. The monoisotopic (exact) mass is 88.1 g/mol. The second-order valence-electron chi connectivity index (χ2n) is 0.952. The van der Waals surface area contributed by atoms with E-state index in [1.165, 1.54) is 0 Å². The first kappa shape index (κ1) is 5.92. The van der Waals surface area contributed by atoms with E-state index >= 15 is 0 Å². The number of hydrogen-bond donors (Lipinski definition) is 1. The van der Waals surface area contributed by atoms with Crippen molar-refractivity contribution in [1.82, 2.24) is 5.32 Å². The zero-order chi connectivity index (χ0) is 4.83. The minimum atomic E-state index is 0.552. The van der Waals surface area contributed by atoms with Gasteiger partial charge in [-0.1, -0.05) is 6.92 Å². The van der Waals surface area contributed by atoms with Crippen LogP contribution in [0.3, 0.4) is 0 Å². The molecule has 0 heterocycles. The van der Waals surface area contributed by atoms with E-state index in [-0.39, 0.29) is 0 Å². The molecule has 0 aromatic carbocycles. The lowest BCUT2D eigenvalue weighted by Gasteiger charge is -1.93. The number of nitrogens with one attached hydrogen (secondary N) is 1. The molecule has 1 radical (unpaired) electrons. The van der Waals surface area contributed by atoms with Gasteiger partial charge in [0.25, 0.3) is 0 Å². The van der Waals surface area contributed by atoms with Gasteiger partial charge in [-0.05, 0) is 6.54 Å². The van der Waals surface area contributed by atoms with Crippen LogP contribution in [0.1, 0.15) is 6.92 Å². The van der Waals surface area contributed by atoms with E-state index in [0.717, 1.165) is 6.54 Å². The van der Waals surface area contributed by atoms with Gasteiger partial charge in [-0.25, -0.2) is 0 Å². The summed E-state index contributed by atoms with van der Waals surface area (Å²) in [4.78, 5) is 0. The molecule has 0 atom stereocenters. The fourth-order valence-corrected chi connectivity index (χ4v) is 0.174. The first-order valence-corrected chi connectivity index (χ1v) is 1.99. The van der Waals surface area contributed by atoms with Crippen LogP contribution in [0.25, 0.3) is 0 Å². The average Bonchev–Trinajstić information content (AvgIpc) is 1.61. The predicted octanol–water partition coefficient (Wildman–Crippen LogP) is 0.362. The zero-order valence-electron chi connectivity index (χ0n) is 4.03. The smallest absolute Gasteiger partial charge is 0.0966 e. The highest BCUT2D eigenvalue weighted by Crippen LogP contribution is 1.57. The molecular weight excluding hydrogens is 78.0 g/mol. The van der Waals surface area contributed by atoms with Crippen LogP contribution in [0.5, 0.6) is 0 Å². The normalized spacial score (nSPS) is 9.00. The van der Waals surface area contributed by atoms with E-state index in [1.807, 2.05) is 6.92 Å². The molecule has 0 aromatic rings. The zero-order valence-corrected chi connectivity index (χ0v) is 4.03. The highest BCUT2D eigenvalue weighted by molar-refractivity contribution is 4.24. The summed E-state index contributed by atoms with van der Waals surface area (Å²) in [5, 5.41) is 2.91. The Labute approximate surface area is 38.5 Å². The Hall–Kier alpha value is -0.0800. The van der Waals surface area contributed by atoms with Crippen LogP contribution >= 0.6 is 0 Å². The van der Waals surface area contributed by atoms with Gasteiger partial charge in [0, 0.05) is 0 Å². The second-order valence-corrected chi connectivity index (χ2v) is 0.952. The van der Waals surface area contributed by atoms with E-state index in [9.17, 15) is 0 Å². The summed E-state index contributed by atoms with van der Waals surface area (Å²) in [7, 11) is 3.16. The van der Waals surface area contributed by atoms with E-state index in [0.29, 0.717) is 6.73 Å². The van der Waals surface area contributed by atoms with E-state index in [4.69, 9.17) is 0 Å². The van der Waals surface area contributed by atoms with Gasteiger partial charge in [0.15, 0.2) is 0 Å². The lowest BCUT2D eigenvalue weighted by molar-refractivity contribution is 0.218. The number of rotatable bonds is 3. The molecule has 0 amide bonds. The van der Waals surface area contributed by atoms with Crippen molar-refractivity contribution < 1.29 is 4.74 Å². The summed E-state index contributed by atoms with van der Waals surface area (Å²) in [6.45, 7) is 3.50. The van der Waals surface area contributed by atoms with Crippen molar-refractivity contribution >= 4 is 0 Å². The molecule has 0 aromatic heterocycles. The predicted molar refractivity (Wildman–Crippen MR) is 25.0 cm³/mol. The van der Waals surface area contributed by atoms with Gasteiger partial charge in [-0.15, -0.1) is 0 Å². The minimum absolute atomic E-state index is 0.552. The third-order valence-corrected chi connectivity index (χ3v) is 0.454. The third-order valence-electron chi connectivity index (χ3n) is 0.454. The summed E-state index contributed by atoms with van der Waals surface area (Å²) in [6, 6.07) is 0. The SMILES string of the molecule is [CH2]OCNCC. The Kier molecular flexibility index (Phi) is 4.85. The molecule has 0 saturated carbocycles. The van der Waals surface area contributed by atoms with E-state index in [2.05, 4.69) is 17.2 Å². The molecule has 37 valence electrons. The summed E-state index contributed by atoms with van der Waals surface area (Å²) in [5.74, 6) is 0. The quantitative estimate of drug-likeness (QED) is 0.397. The molecule has 0 bridgehead atoms. The third kappa shape index (κ3) is 3.92. The van der Waals surface area contributed by atoms with Gasteiger partial charge in [-0.3, -0.25) is 5.32 Å². The van der Waals surface area contributed by atoms with Crippen molar-refractivity contribution in [2.24, 2.45) is 0 Å². The fourth-order valence-electron chi connectivity index (χ4n) is 0.174. The van der Waals surface area contributed by atoms with Crippen LogP contribution in [0.15, 0.2) is 0 Å². The van der Waals surface area contributed by atoms with Crippen molar-refractivity contribution in [3.8, 4) is 0 Å². The first-order valence-electron chi connectivity index (χ1n) is 1.99. The lowest BCUT2D eigenvalue weighted by atomic mass is 10.8. The molecule has 0 aliphatic rings. The van der Waals surface area contributed by atoms with Crippen molar-refractivity contribution in [2.75, 3.05) is 13.3 Å². The van der Waals surface area contributed by atoms with E-state index < -0.39 is 0 Å². The maximum absolute atomic E-state index is 4.42. The van der Waals surface area contributed by atoms with E-state index in [1.54, 1.807) is 0 Å². The molecule has 2 heteroatoms. The number of hydrogen-bond acceptors (Lipinski definition) is 2. The highest BCUT2D eigenvalue weighted by atomic mass is 16.5. The number of ether oxygens (including phenoxy) is 1. The van der Waals surface area contributed by atoms with Crippen LogP contribution in [0, 0.1) is 7.11 Å². The minimum Gasteiger partial charge on any atom is -0.364 e. The summed E-state index contributed by atoms with van der Waals surface area (Å²) >= 11 is 0. The largest absolute Gasteiger partial charge is 0.364 e. The molecule has 0 unspecified atom stereocenters. The van der Waals surface area contributed by atoms with Gasteiger partial charge < -0.3 is 4.74 Å². The van der Waals surface area contributed by atoms with Crippen molar-refractivity contribution in [3.05, 3.63) is 7.11 Å². The first-order chi connectivity index (χ1) is 2.91. The van der Waals surface area contributed by atoms with Crippen molar-refractivity contribution in [3.63, 3.8) is 0 Å². The Bertz CT molecular complexity index is 19.5. The topological polar surface area (TPSA) is 21.3 Å². The van der Waals surface area contributed by atoms with Crippen molar-refractivity contribution in [1.29, 1.82) is 0 Å². The van der Waals surface area contributed by atoms with Gasteiger partial charge in [-0.2, -0.15) is 0 Å². The second kappa shape index (κ2) is 4.92. The summed E-state index contributed by atoms with van der Waals surface area (Å²) in [6.07, 6.45) is 0. The van der Waals surface area contributed by atoms with Gasteiger partial charge in [0.05, 0.1) is 13.8 Å². The molecule has 0 saturated heterocycles. The Morgan fingerprint density at radius 2 is 2.50 bits per heavy atom. The molecule has 0 aliphatic heterocycles. The van der Waals surface area contributed by atoms with Crippen LogP contribution in [-0.2, 0) is 4.74 Å². The van der Waals surface area contributed by atoms with Crippen LogP contribution in [0.4, 0.5) is 0 Å². The molecule has 0 rings (SSSR count). The Morgan fingerprint density at radius 1 is 1.83 bits per heavy atom. The molecule has 0 spiro atoms. The maximum Gasteiger partial charge on any atom is 0.0966 e. The molecule has 2 nitrogen and oxygen atoms in total. The summed E-state index contributed by atoms with van der Waals surface area (Å²) < 4.78 is 4.42. The molecule has 1 N–H and O–H groups in total. The van der Waals surface area contributed by atoms with Gasteiger partial charge in [0.2, 0.25) is 0 Å². The van der Waals surface area contributed by atoms with Crippen LogP contribution in [0.2, 0.25) is 0 Å². The van der Waals surface area contributed by atoms with Crippen molar-refractivity contribution in [2.45, 2.75) is 6.92 Å². The summed E-state index contributed by atoms with van der Waals surface area (Å²) in [5.41, 5.74) is 0. The van der Waals surface area contributed by atoms with Crippen LogP contribution < -0.4 is 5.32 Å². The molecule has 6 heavy (non-hydrogen) atoms.